The van der Waals surface area contributed by atoms with Crippen LogP contribution in [-0.4, -0.2) is 89.2 Å². The molecule has 0 aliphatic carbocycles. The van der Waals surface area contributed by atoms with Crippen molar-refractivity contribution in [2.45, 2.75) is 19.3 Å². The SMILES string of the molecule is COCCOc1ccc(C(=O)NN2CCN(c3c(C#N)cnc4cc(OCCCC5CCNC5)c(OC)cc34)CC2)cc1. The Hall–Kier alpha value is -4.11. The van der Waals surface area contributed by atoms with Crippen molar-refractivity contribution in [1.29, 1.82) is 5.26 Å². The molecule has 11 heteroatoms. The van der Waals surface area contributed by atoms with Gasteiger partial charge in [0.05, 0.1) is 37.1 Å². The number of carbonyl (C=O) groups is 1. The lowest BCUT2D eigenvalue weighted by molar-refractivity contribution is 0.0777. The van der Waals surface area contributed by atoms with Crippen LogP contribution in [0.2, 0.25) is 0 Å². The molecule has 0 radical (unpaired) electrons. The Morgan fingerprint density at radius 1 is 1.07 bits per heavy atom. The number of nitriles is 1. The van der Waals surface area contributed by atoms with Gasteiger partial charge in [-0.05, 0) is 68.6 Å². The second kappa shape index (κ2) is 14.9. The van der Waals surface area contributed by atoms with Crippen molar-refractivity contribution in [3.05, 3.63) is 53.7 Å². The van der Waals surface area contributed by atoms with Gasteiger partial charge in [-0.1, -0.05) is 0 Å². The minimum absolute atomic E-state index is 0.179. The number of rotatable bonds is 13. The average molecular weight is 589 g/mol. The first-order valence-corrected chi connectivity index (χ1v) is 14.9. The van der Waals surface area contributed by atoms with Crippen molar-refractivity contribution >= 4 is 22.5 Å². The second-order valence-electron chi connectivity index (χ2n) is 10.8. The fraction of sp³-hybridized carbons (Fsp3) is 0.469. The van der Waals surface area contributed by atoms with Gasteiger partial charge in [-0.2, -0.15) is 5.26 Å². The number of hydrogen-bond donors (Lipinski definition) is 2. The van der Waals surface area contributed by atoms with E-state index in [1.165, 1.54) is 6.42 Å². The summed E-state index contributed by atoms with van der Waals surface area (Å²) < 4.78 is 22.4. The van der Waals surface area contributed by atoms with Gasteiger partial charge in [0.15, 0.2) is 11.5 Å². The van der Waals surface area contributed by atoms with Gasteiger partial charge in [0.2, 0.25) is 0 Å². The number of fused-ring (bicyclic) bond motifs is 1. The zero-order valence-corrected chi connectivity index (χ0v) is 24.9. The predicted molar refractivity (Wildman–Crippen MR) is 164 cm³/mol. The standard InChI is InChI=1S/C32H40N6O5/c1-40-16-17-42-26-7-5-24(6-8-26)32(39)36-38-13-11-37(12-14-38)31-25(20-33)22-35-28-19-30(29(41-2)18-27(28)31)43-15-3-4-23-9-10-34-21-23/h5-8,18-19,22-23,34H,3-4,9-17,21H2,1-2H3,(H,36,39). The number of nitrogens with one attached hydrogen (secondary N) is 2. The number of piperazine rings is 1. The quantitative estimate of drug-likeness (QED) is 0.288. The van der Waals surface area contributed by atoms with Crippen LogP contribution in [-0.2, 0) is 4.74 Å². The summed E-state index contributed by atoms with van der Waals surface area (Å²) in [6, 6.07) is 13.2. The van der Waals surface area contributed by atoms with Crippen LogP contribution in [0.15, 0.2) is 42.6 Å². The second-order valence-corrected chi connectivity index (χ2v) is 10.8. The van der Waals surface area contributed by atoms with Crippen molar-refractivity contribution in [2.75, 3.05) is 78.2 Å². The number of anilines is 1. The molecule has 3 heterocycles. The van der Waals surface area contributed by atoms with E-state index in [1.54, 1.807) is 44.7 Å². The number of pyridine rings is 1. The van der Waals surface area contributed by atoms with Crippen molar-refractivity contribution in [1.82, 2.24) is 20.7 Å². The monoisotopic (exact) mass is 588 g/mol. The smallest absolute Gasteiger partial charge is 0.265 e. The summed E-state index contributed by atoms with van der Waals surface area (Å²) >= 11 is 0. The van der Waals surface area contributed by atoms with Crippen molar-refractivity contribution in [3.8, 4) is 23.3 Å². The molecule has 228 valence electrons. The van der Waals surface area contributed by atoms with Crippen LogP contribution in [0.5, 0.6) is 17.2 Å². The number of aromatic nitrogens is 1. The van der Waals surface area contributed by atoms with E-state index in [0.29, 0.717) is 74.4 Å². The molecule has 3 aromatic rings. The van der Waals surface area contributed by atoms with Crippen LogP contribution < -0.4 is 29.9 Å². The number of methoxy groups -OCH3 is 2. The van der Waals surface area contributed by atoms with E-state index in [9.17, 15) is 10.1 Å². The van der Waals surface area contributed by atoms with Crippen LogP contribution in [0.4, 0.5) is 5.69 Å². The van der Waals surface area contributed by atoms with Crippen LogP contribution >= 0.6 is 0 Å². The maximum absolute atomic E-state index is 12.9. The summed E-state index contributed by atoms with van der Waals surface area (Å²) in [6.07, 6.45) is 4.97. The van der Waals surface area contributed by atoms with E-state index >= 15 is 0 Å². The average Bonchev–Trinajstić information content (AvgIpc) is 3.57. The molecular weight excluding hydrogens is 548 g/mol. The molecule has 1 amide bonds. The fourth-order valence-electron chi connectivity index (χ4n) is 5.59. The van der Waals surface area contributed by atoms with Crippen molar-refractivity contribution in [3.63, 3.8) is 0 Å². The number of amides is 1. The number of hydrogen-bond acceptors (Lipinski definition) is 10. The molecule has 5 rings (SSSR count). The first-order chi connectivity index (χ1) is 21.1. The largest absolute Gasteiger partial charge is 0.493 e. The third kappa shape index (κ3) is 7.65. The van der Waals surface area contributed by atoms with Gasteiger partial charge < -0.3 is 29.2 Å². The summed E-state index contributed by atoms with van der Waals surface area (Å²) in [4.78, 5) is 19.6. The van der Waals surface area contributed by atoms with Gasteiger partial charge in [0.25, 0.3) is 5.91 Å². The van der Waals surface area contributed by atoms with Crippen LogP contribution in [0, 0.1) is 17.2 Å². The molecular formula is C32H40N6O5. The molecule has 1 atom stereocenters. The lowest BCUT2D eigenvalue weighted by Gasteiger charge is -2.36. The van der Waals surface area contributed by atoms with Crippen molar-refractivity contribution in [2.24, 2.45) is 5.92 Å². The Kier molecular flexibility index (Phi) is 10.5. The van der Waals surface area contributed by atoms with Gasteiger partial charge in [-0.15, -0.1) is 0 Å². The zero-order valence-electron chi connectivity index (χ0n) is 24.9. The molecule has 1 unspecified atom stereocenters. The van der Waals surface area contributed by atoms with Gasteiger partial charge in [-0.25, -0.2) is 5.01 Å². The highest BCUT2D eigenvalue weighted by atomic mass is 16.5. The van der Waals surface area contributed by atoms with E-state index < -0.39 is 0 Å². The minimum Gasteiger partial charge on any atom is -0.493 e. The maximum atomic E-state index is 12.9. The molecule has 2 fully saturated rings. The number of carbonyl (C=O) groups excluding carboxylic acids is 1. The Balaban J connectivity index is 1.22. The topological polar surface area (TPSA) is 121 Å². The molecule has 2 aliphatic heterocycles. The highest BCUT2D eigenvalue weighted by Crippen LogP contribution is 2.38. The van der Waals surface area contributed by atoms with Gasteiger partial charge in [-0.3, -0.25) is 15.2 Å². The molecule has 2 saturated heterocycles. The highest BCUT2D eigenvalue weighted by molar-refractivity contribution is 5.97. The Labute approximate surface area is 252 Å². The fourth-order valence-corrected chi connectivity index (χ4v) is 5.59. The van der Waals surface area contributed by atoms with E-state index in [-0.39, 0.29) is 5.91 Å². The van der Waals surface area contributed by atoms with Crippen LogP contribution in [0.3, 0.4) is 0 Å². The van der Waals surface area contributed by atoms with Gasteiger partial charge in [0, 0.05) is 56.5 Å². The highest BCUT2D eigenvalue weighted by Gasteiger charge is 2.24. The molecule has 0 saturated carbocycles. The van der Waals surface area contributed by atoms with Gasteiger partial charge >= 0.3 is 0 Å². The molecule has 2 aliphatic rings. The minimum atomic E-state index is -0.179. The summed E-state index contributed by atoms with van der Waals surface area (Å²) in [6.45, 7) is 6.19. The van der Waals surface area contributed by atoms with E-state index in [2.05, 4.69) is 26.7 Å². The molecule has 2 aromatic carbocycles. The molecule has 1 aromatic heterocycles. The Morgan fingerprint density at radius 3 is 2.58 bits per heavy atom. The molecule has 0 bridgehead atoms. The van der Waals surface area contributed by atoms with Gasteiger partial charge in [0.1, 0.15) is 18.4 Å². The van der Waals surface area contributed by atoms with E-state index in [4.69, 9.17) is 18.9 Å². The molecule has 43 heavy (non-hydrogen) atoms. The maximum Gasteiger partial charge on any atom is 0.265 e. The number of ether oxygens (including phenoxy) is 4. The summed E-state index contributed by atoms with van der Waals surface area (Å²) in [7, 11) is 3.25. The predicted octanol–water partition coefficient (Wildman–Crippen LogP) is 3.38. The van der Waals surface area contributed by atoms with E-state index in [0.717, 1.165) is 48.4 Å². The first kappa shape index (κ1) is 30.4. The third-order valence-corrected chi connectivity index (χ3v) is 7.95. The van der Waals surface area contributed by atoms with Crippen LogP contribution in [0.25, 0.3) is 10.9 Å². The number of benzene rings is 2. The summed E-state index contributed by atoms with van der Waals surface area (Å²) in [5.74, 6) is 2.51. The number of nitrogens with zero attached hydrogens (tertiary/aromatic N) is 4. The van der Waals surface area contributed by atoms with Crippen molar-refractivity contribution < 1.29 is 23.7 Å². The Bertz CT molecular complexity index is 1410. The summed E-state index contributed by atoms with van der Waals surface area (Å²) in [5, 5.41) is 16.1. The van der Waals surface area contributed by atoms with E-state index in [1.807, 2.05) is 17.1 Å². The number of hydrazine groups is 1. The molecule has 2 N–H and O–H groups in total. The lowest BCUT2D eigenvalue weighted by atomic mass is 10.0. The molecule has 0 spiro atoms. The normalized spacial score (nSPS) is 17.0. The Morgan fingerprint density at radius 2 is 1.88 bits per heavy atom. The molecule has 11 nitrogen and oxygen atoms in total. The zero-order chi connectivity index (χ0) is 30.0. The third-order valence-electron chi connectivity index (χ3n) is 7.95. The first-order valence-electron chi connectivity index (χ1n) is 14.9. The lowest BCUT2D eigenvalue weighted by Crippen LogP contribution is -2.53. The summed E-state index contributed by atoms with van der Waals surface area (Å²) in [5.41, 5.74) is 5.62. The van der Waals surface area contributed by atoms with Crippen LogP contribution in [0.1, 0.15) is 35.2 Å².